The van der Waals surface area contributed by atoms with Crippen LogP contribution in [0.2, 0.25) is 0 Å². The molecule has 2 amide bonds. The Morgan fingerprint density at radius 3 is 2.53 bits per heavy atom. The van der Waals surface area contributed by atoms with E-state index in [9.17, 15) is 9.59 Å². The number of hydrogen-bond donors (Lipinski definition) is 1. The van der Waals surface area contributed by atoms with E-state index in [1.165, 1.54) is 12.0 Å². The molecule has 0 spiro atoms. The van der Waals surface area contributed by atoms with Gasteiger partial charge < -0.3 is 15.0 Å². The summed E-state index contributed by atoms with van der Waals surface area (Å²) >= 11 is 0. The van der Waals surface area contributed by atoms with Gasteiger partial charge in [-0.3, -0.25) is 9.59 Å². The molecular weight excluding hydrogens is 224 g/mol. The lowest BCUT2D eigenvalue weighted by atomic mass is 10.3. The summed E-state index contributed by atoms with van der Waals surface area (Å²) in [5, 5.41) is 18.9. The van der Waals surface area contributed by atoms with Gasteiger partial charge in [0, 0.05) is 20.2 Å². The van der Waals surface area contributed by atoms with Gasteiger partial charge in [0.15, 0.2) is 0 Å². The van der Waals surface area contributed by atoms with E-state index in [1.54, 1.807) is 6.07 Å². The maximum Gasteiger partial charge on any atom is 0.312 e. The minimum Gasteiger partial charge on any atom is -0.383 e. The van der Waals surface area contributed by atoms with Crippen LogP contribution in [-0.4, -0.2) is 50.1 Å². The topological polar surface area (TPSA) is 106 Å². The SMILES string of the molecule is COCCN(CCC#N)C(=O)C(=O)NCC#N. The molecule has 0 aliphatic heterocycles. The Balaban J connectivity index is 4.35. The summed E-state index contributed by atoms with van der Waals surface area (Å²) in [6, 6.07) is 3.59. The Morgan fingerprint density at radius 1 is 1.29 bits per heavy atom. The van der Waals surface area contributed by atoms with Gasteiger partial charge in [0.2, 0.25) is 0 Å². The molecule has 7 nitrogen and oxygen atoms in total. The number of methoxy groups -OCH3 is 1. The molecule has 0 aliphatic carbocycles. The summed E-state index contributed by atoms with van der Waals surface area (Å²) in [6.07, 6.45) is 0.140. The lowest BCUT2D eigenvalue weighted by molar-refractivity contribution is -0.146. The average Bonchev–Trinajstić information content (AvgIpc) is 2.35. The Kier molecular flexibility index (Phi) is 7.99. The van der Waals surface area contributed by atoms with Crippen molar-refractivity contribution in [3.8, 4) is 12.1 Å². The Bertz CT molecular complexity index is 342. The largest absolute Gasteiger partial charge is 0.383 e. The maximum absolute atomic E-state index is 11.6. The number of nitriles is 2. The van der Waals surface area contributed by atoms with Crippen molar-refractivity contribution < 1.29 is 14.3 Å². The highest BCUT2D eigenvalue weighted by atomic mass is 16.5. The first-order valence-corrected chi connectivity index (χ1v) is 4.97. The number of ether oxygens (including phenoxy) is 1. The van der Waals surface area contributed by atoms with Crippen LogP contribution < -0.4 is 5.32 Å². The summed E-state index contributed by atoms with van der Waals surface area (Å²) in [4.78, 5) is 24.1. The fraction of sp³-hybridized carbons (Fsp3) is 0.600. The number of amides is 2. The van der Waals surface area contributed by atoms with Crippen LogP contribution in [0.4, 0.5) is 0 Å². The number of nitrogens with one attached hydrogen (secondary N) is 1. The zero-order valence-corrected chi connectivity index (χ0v) is 9.60. The minimum absolute atomic E-state index is 0.140. The van der Waals surface area contributed by atoms with Gasteiger partial charge in [-0.25, -0.2) is 0 Å². The van der Waals surface area contributed by atoms with E-state index < -0.39 is 11.8 Å². The predicted molar refractivity (Wildman–Crippen MR) is 57.3 cm³/mol. The molecule has 0 saturated carbocycles. The van der Waals surface area contributed by atoms with Crippen LogP contribution >= 0.6 is 0 Å². The number of carbonyl (C=O) groups is 2. The van der Waals surface area contributed by atoms with Crippen LogP contribution in [0, 0.1) is 22.7 Å². The first-order valence-electron chi connectivity index (χ1n) is 4.97. The molecule has 0 heterocycles. The van der Waals surface area contributed by atoms with Crippen molar-refractivity contribution in [2.45, 2.75) is 6.42 Å². The molecule has 0 radical (unpaired) electrons. The van der Waals surface area contributed by atoms with Gasteiger partial charge in [0.05, 0.1) is 25.2 Å². The van der Waals surface area contributed by atoms with Gasteiger partial charge in [-0.1, -0.05) is 0 Å². The van der Waals surface area contributed by atoms with Crippen LogP contribution in [0.3, 0.4) is 0 Å². The molecule has 7 heteroatoms. The summed E-state index contributed by atoms with van der Waals surface area (Å²) in [5.41, 5.74) is 0. The molecule has 0 unspecified atom stereocenters. The van der Waals surface area contributed by atoms with E-state index in [0.717, 1.165) is 0 Å². The lowest BCUT2D eigenvalue weighted by Crippen LogP contribution is -2.44. The Hall–Kier alpha value is -2.12. The molecule has 0 aromatic carbocycles. The van der Waals surface area contributed by atoms with Crippen LogP contribution in [0.15, 0.2) is 0 Å². The van der Waals surface area contributed by atoms with E-state index in [4.69, 9.17) is 15.3 Å². The van der Waals surface area contributed by atoms with Crippen molar-refractivity contribution in [1.82, 2.24) is 10.2 Å². The summed E-state index contributed by atoms with van der Waals surface area (Å²) in [6.45, 7) is 0.458. The quantitative estimate of drug-likeness (QED) is 0.472. The zero-order valence-electron chi connectivity index (χ0n) is 9.60. The highest BCUT2D eigenvalue weighted by Crippen LogP contribution is 1.93. The molecule has 1 N–H and O–H groups in total. The number of rotatable bonds is 6. The van der Waals surface area contributed by atoms with Crippen LogP contribution in [0.5, 0.6) is 0 Å². The molecule has 0 aromatic rings. The molecule has 0 bridgehead atoms. The fourth-order valence-electron chi connectivity index (χ4n) is 1.04. The van der Waals surface area contributed by atoms with E-state index >= 15 is 0 Å². The van der Waals surface area contributed by atoms with Crippen LogP contribution in [0.25, 0.3) is 0 Å². The van der Waals surface area contributed by atoms with Crippen LogP contribution in [-0.2, 0) is 14.3 Å². The highest BCUT2D eigenvalue weighted by molar-refractivity contribution is 6.35. The Labute approximate surface area is 99.6 Å². The smallest absolute Gasteiger partial charge is 0.312 e. The molecule has 0 fully saturated rings. The van der Waals surface area contributed by atoms with Crippen LogP contribution in [0.1, 0.15) is 6.42 Å². The van der Waals surface area contributed by atoms with Crippen molar-refractivity contribution >= 4 is 11.8 Å². The second-order valence-electron chi connectivity index (χ2n) is 3.03. The molecule has 0 aliphatic rings. The molecule has 92 valence electrons. The first kappa shape index (κ1) is 14.9. The van der Waals surface area contributed by atoms with Gasteiger partial charge >= 0.3 is 11.8 Å². The van der Waals surface area contributed by atoms with E-state index in [0.29, 0.717) is 0 Å². The minimum atomic E-state index is -0.847. The molecule has 0 atom stereocenters. The van der Waals surface area contributed by atoms with Gasteiger partial charge in [0.25, 0.3) is 0 Å². The van der Waals surface area contributed by atoms with E-state index in [1.807, 2.05) is 6.07 Å². The first-order chi connectivity index (χ1) is 8.17. The lowest BCUT2D eigenvalue weighted by Gasteiger charge is -2.20. The van der Waals surface area contributed by atoms with Crippen molar-refractivity contribution in [3.63, 3.8) is 0 Å². The average molecular weight is 238 g/mol. The van der Waals surface area contributed by atoms with Crippen molar-refractivity contribution in [3.05, 3.63) is 0 Å². The van der Waals surface area contributed by atoms with E-state index in [-0.39, 0.29) is 32.7 Å². The molecule has 0 saturated heterocycles. The third kappa shape index (κ3) is 6.13. The number of nitrogens with zero attached hydrogens (tertiary/aromatic N) is 3. The van der Waals surface area contributed by atoms with Gasteiger partial charge in [-0.15, -0.1) is 0 Å². The second-order valence-corrected chi connectivity index (χ2v) is 3.03. The number of carbonyl (C=O) groups excluding carboxylic acids is 2. The summed E-state index contributed by atoms with van der Waals surface area (Å²) < 4.78 is 4.80. The third-order valence-electron chi connectivity index (χ3n) is 1.87. The van der Waals surface area contributed by atoms with E-state index in [2.05, 4.69) is 5.32 Å². The van der Waals surface area contributed by atoms with Gasteiger partial charge in [-0.2, -0.15) is 10.5 Å². The highest BCUT2D eigenvalue weighted by Gasteiger charge is 2.20. The van der Waals surface area contributed by atoms with Crippen molar-refractivity contribution in [1.29, 1.82) is 10.5 Å². The molecule has 0 rings (SSSR count). The summed E-state index contributed by atoms with van der Waals surface area (Å²) in [7, 11) is 1.47. The Morgan fingerprint density at radius 2 is 2.00 bits per heavy atom. The third-order valence-corrected chi connectivity index (χ3v) is 1.87. The maximum atomic E-state index is 11.6. The van der Waals surface area contributed by atoms with Crippen molar-refractivity contribution in [2.75, 3.05) is 33.4 Å². The van der Waals surface area contributed by atoms with Gasteiger partial charge in [-0.05, 0) is 0 Å². The molecule has 0 aromatic heterocycles. The predicted octanol–water partition coefficient (Wildman–Crippen LogP) is -0.985. The molecule has 17 heavy (non-hydrogen) atoms. The second kappa shape index (κ2) is 9.13. The molecular formula is C10H14N4O3. The normalized spacial score (nSPS) is 8.88. The van der Waals surface area contributed by atoms with Gasteiger partial charge in [0.1, 0.15) is 6.54 Å². The number of hydrogen-bond acceptors (Lipinski definition) is 5. The monoisotopic (exact) mass is 238 g/mol. The van der Waals surface area contributed by atoms with Crippen molar-refractivity contribution in [2.24, 2.45) is 0 Å². The standard InChI is InChI=1S/C10H14N4O3/c1-17-8-7-14(6-2-3-11)10(16)9(15)13-5-4-12/h2,5-8H2,1H3,(H,13,15). The summed E-state index contributed by atoms with van der Waals surface area (Å²) in [5.74, 6) is -1.60. The fourth-order valence-corrected chi connectivity index (χ4v) is 1.04. The zero-order chi connectivity index (χ0) is 13.1.